The van der Waals surface area contributed by atoms with Gasteiger partial charge < -0.3 is 15.2 Å². The van der Waals surface area contributed by atoms with Crippen LogP contribution in [0, 0.1) is 11.8 Å². The molecule has 1 saturated heterocycles. The van der Waals surface area contributed by atoms with Gasteiger partial charge in [0.2, 0.25) is 11.8 Å². The molecule has 0 bridgehead atoms. The number of carbonyl (C=O) groups excluding carboxylic acids is 2. The Morgan fingerprint density at radius 2 is 1.81 bits per heavy atom. The van der Waals surface area contributed by atoms with Crippen molar-refractivity contribution in [2.75, 3.05) is 13.1 Å². The topological polar surface area (TPSA) is 78.1 Å². The molecule has 2 aliphatic rings. The van der Waals surface area contributed by atoms with Crippen molar-refractivity contribution < 1.29 is 9.59 Å². The van der Waals surface area contributed by atoms with Gasteiger partial charge in [-0.2, -0.15) is 0 Å². The van der Waals surface area contributed by atoms with Crippen molar-refractivity contribution in [1.82, 2.24) is 20.2 Å². The standard InChI is InChI=1S/C21H26N4O2/c1-14(19-22-13-18(24-19)15-5-3-2-4-6-15)23-20(26)16-9-11-25(12-10-16)21(27)17-7-8-17/h2-6,13-14,16-17H,7-12H2,1H3,(H,22,24)(H,23,26). The van der Waals surface area contributed by atoms with E-state index in [-0.39, 0.29) is 29.7 Å². The maximum absolute atomic E-state index is 12.6. The highest BCUT2D eigenvalue weighted by Crippen LogP contribution is 2.32. The minimum atomic E-state index is -0.180. The molecule has 1 aromatic carbocycles. The summed E-state index contributed by atoms with van der Waals surface area (Å²) < 4.78 is 0. The Bertz CT molecular complexity index is 805. The summed E-state index contributed by atoms with van der Waals surface area (Å²) in [6.45, 7) is 3.33. The van der Waals surface area contributed by atoms with Crippen LogP contribution >= 0.6 is 0 Å². The zero-order valence-corrected chi connectivity index (χ0v) is 15.6. The van der Waals surface area contributed by atoms with Gasteiger partial charge in [-0.25, -0.2) is 4.98 Å². The van der Waals surface area contributed by atoms with Crippen LogP contribution in [0.25, 0.3) is 11.3 Å². The number of piperidine rings is 1. The molecule has 27 heavy (non-hydrogen) atoms. The number of aromatic amines is 1. The third kappa shape index (κ3) is 4.04. The van der Waals surface area contributed by atoms with Crippen molar-refractivity contribution >= 4 is 11.8 Å². The number of hydrogen-bond acceptors (Lipinski definition) is 3. The van der Waals surface area contributed by atoms with Gasteiger partial charge in [0, 0.05) is 24.9 Å². The van der Waals surface area contributed by atoms with Crippen LogP contribution in [0.5, 0.6) is 0 Å². The number of H-pyrrole nitrogens is 1. The molecule has 142 valence electrons. The van der Waals surface area contributed by atoms with Crippen LogP contribution in [0.4, 0.5) is 0 Å². The fourth-order valence-electron chi connectivity index (χ4n) is 3.67. The lowest BCUT2D eigenvalue weighted by Crippen LogP contribution is -2.44. The number of nitrogens with one attached hydrogen (secondary N) is 2. The van der Waals surface area contributed by atoms with E-state index in [1.165, 1.54) is 0 Å². The van der Waals surface area contributed by atoms with E-state index in [2.05, 4.69) is 15.3 Å². The number of rotatable bonds is 5. The van der Waals surface area contributed by atoms with E-state index in [1.54, 1.807) is 6.20 Å². The number of carbonyl (C=O) groups is 2. The van der Waals surface area contributed by atoms with Crippen LogP contribution < -0.4 is 5.32 Å². The number of aromatic nitrogens is 2. The molecule has 2 amide bonds. The first-order chi connectivity index (χ1) is 13.1. The Kier molecular flexibility index (Phi) is 4.97. The molecule has 1 aliphatic carbocycles. The number of hydrogen-bond donors (Lipinski definition) is 2. The van der Waals surface area contributed by atoms with Crippen molar-refractivity contribution in [2.24, 2.45) is 11.8 Å². The van der Waals surface area contributed by atoms with Crippen LogP contribution in [-0.4, -0.2) is 39.8 Å². The van der Waals surface area contributed by atoms with Crippen molar-refractivity contribution in [3.8, 4) is 11.3 Å². The SMILES string of the molecule is CC(NC(=O)C1CCN(C(=O)C2CC2)CC1)c1ncc(-c2ccccc2)[nH]1. The Balaban J connectivity index is 1.31. The van der Waals surface area contributed by atoms with Crippen molar-refractivity contribution in [3.05, 3.63) is 42.4 Å². The van der Waals surface area contributed by atoms with Gasteiger partial charge in [-0.1, -0.05) is 30.3 Å². The maximum atomic E-state index is 12.6. The lowest BCUT2D eigenvalue weighted by atomic mass is 9.95. The summed E-state index contributed by atoms with van der Waals surface area (Å²) in [7, 11) is 0. The fourth-order valence-corrected chi connectivity index (χ4v) is 3.67. The Morgan fingerprint density at radius 1 is 1.11 bits per heavy atom. The summed E-state index contributed by atoms with van der Waals surface area (Å²) in [5.74, 6) is 1.32. The predicted molar refractivity (Wildman–Crippen MR) is 103 cm³/mol. The second kappa shape index (κ2) is 7.55. The van der Waals surface area contributed by atoms with E-state index in [1.807, 2.05) is 42.2 Å². The highest BCUT2D eigenvalue weighted by Gasteiger charge is 2.36. The summed E-state index contributed by atoms with van der Waals surface area (Å²) in [5.41, 5.74) is 2.01. The highest BCUT2D eigenvalue weighted by atomic mass is 16.2. The Labute approximate surface area is 159 Å². The molecule has 2 heterocycles. The Morgan fingerprint density at radius 3 is 2.48 bits per heavy atom. The van der Waals surface area contributed by atoms with Gasteiger partial charge in [-0.3, -0.25) is 9.59 Å². The van der Waals surface area contributed by atoms with E-state index >= 15 is 0 Å². The quantitative estimate of drug-likeness (QED) is 0.854. The van der Waals surface area contributed by atoms with Crippen LogP contribution in [-0.2, 0) is 9.59 Å². The molecule has 2 N–H and O–H groups in total. The number of benzene rings is 1. The van der Waals surface area contributed by atoms with Gasteiger partial charge in [-0.05, 0) is 38.2 Å². The van der Waals surface area contributed by atoms with E-state index in [0.29, 0.717) is 13.1 Å². The van der Waals surface area contributed by atoms with E-state index < -0.39 is 0 Å². The first-order valence-electron chi connectivity index (χ1n) is 9.81. The molecular weight excluding hydrogens is 340 g/mol. The lowest BCUT2D eigenvalue weighted by Gasteiger charge is -2.32. The number of nitrogens with zero attached hydrogens (tertiary/aromatic N) is 2. The molecule has 1 atom stereocenters. The van der Waals surface area contributed by atoms with Crippen LogP contribution in [0.15, 0.2) is 36.5 Å². The molecule has 6 nitrogen and oxygen atoms in total. The monoisotopic (exact) mass is 366 g/mol. The first-order valence-corrected chi connectivity index (χ1v) is 9.81. The van der Waals surface area contributed by atoms with E-state index in [0.717, 1.165) is 42.8 Å². The smallest absolute Gasteiger partial charge is 0.225 e. The van der Waals surface area contributed by atoms with Gasteiger partial charge in [0.1, 0.15) is 5.82 Å². The molecule has 1 aromatic heterocycles. The molecule has 4 rings (SSSR count). The summed E-state index contributed by atoms with van der Waals surface area (Å²) in [4.78, 5) is 34.4. The van der Waals surface area contributed by atoms with Crippen molar-refractivity contribution in [1.29, 1.82) is 0 Å². The third-order valence-corrected chi connectivity index (χ3v) is 5.55. The van der Waals surface area contributed by atoms with Crippen LogP contribution in [0.1, 0.15) is 44.5 Å². The molecule has 0 spiro atoms. The fraction of sp³-hybridized carbons (Fsp3) is 0.476. The number of amides is 2. The van der Waals surface area contributed by atoms with Crippen molar-refractivity contribution in [2.45, 2.75) is 38.6 Å². The lowest BCUT2D eigenvalue weighted by molar-refractivity contribution is -0.136. The van der Waals surface area contributed by atoms with Gasteiger partial charge in [0.25, 0.3) is 0 Å². The molecular formula is C21H26N4O2. The summed E-state index contributed by atoms with van der Waals surface area (Å²) in [5, 5.41) is 3.07. The average molecular weight is 366 g/mol. The summed E-state index contributed by atoms with van der Waals surface area (Å²) in [6, 6.07) is 9.82. The van der Waals surface area contributed by atoms with Gasteiger partial charge in [0.15, 0.2) is 0 Å². The second-order valence-electron chi connectivity index (χ2n) is 7.65. The normalized spacial score (nSPS) is 18.9. The largest absolute Gasteiger partial charge is 0.346 e. The summed E-state index contributed by atoms with van der Waals surface area (Å²) in [6.07, 6.45) is 5.35. The first kappa shape index (κ1) is 17.8. The van der Waals surface area contributed by atoms with Gasteiger partial charge in [0.05, 0.1) is 17.9 Å². The average Bonchev–Trinajstić information content (AvgIpc) is 3.44. The highest BCUT2D eigenvalue weighted by molar-refractivity contribution is 5.82. The van der Waals surface area contributed by atoms with Crippen LogP contribution in [0.2, 0.25) is 0 Å². The third-order valence-electron chi connectivity index (χ3n) is 5.55. The van der Waals surface area contributed by atoms with E-state index in [9.17, 15) is 9.59 Å². The minimum Gasteiger partial charge on any atom is -0.346 e. The molecule has 2 fully saturated rings. The van der Waals surface area contributed by atoms with Gasteiger partial charge >= 0.3 is 0 Å². The second-order valence-corrected chi connectivity index (χ2v) is 7.65. The molecule has 1 saturated carbocycles. The molecule has 6 heteroatoms. The minimum absolute atomic E-state index is 0.0285. The maximum Gasteiger partial charge on any atom is 0.225 e. The summed E-state index contributed by atoms with van der Waals surface area (Å²) >= 11 is 0. The molecule has 0 radical (unpaired) electrons. The molecule has 2 aromatic rings. The van der Waals surface area contributed by atoms with Gasteiger partial charge in [-0.15, -0.1) is 0 Å². The van der Waals surface area contributed by atoms with Crippen molar-refractivity contribution in [3.63, 3.8) is 0 Å². The van der Waals surface area contributed by atoms with Crippen LogP contribution in [0.3, 0.4) is 0 Å². The number of imidazole rings is 1. The zero-order valence-electron chi connectivity index (χ0n) is 15.6. The zero-order chi connectivity index (χ0) is 18.8. The molecule has 1 unspecified atom stereocenters. The molecule has 1 aliphatic heterocycles. The number of likely N-dealkylation sites (tertiary alicyclic amines) is 1. The van der Waals surface area contributed by atoms with E-state index in [4.69, 9.17) is 0 Å². The Hall–Kier alpha value is -2.63. The predicted octanol–water partition coefficient (Wildman–Crippen LogP) is 2.90.